The normalized spacial score (nSPS) is 14.4. The fourth-order valence-electron chi connectivity index (χ4n) is 4.47. The van der Waals surface area contributed by atoms with E-state index in [9.17, 15) is 13.2 Å². The summed E-state index contributed by atoms with van der Waals surface area (Å²) in [5.41, 5.74) is 2.88. The first-order valence-corrected chi connectivity index (χ1v) is 14.1. The number of nitrogens with zero attached hydrogens (tertiary/aromatic N) is 4. The number of hydrogen-bond donors (Lipinski definition) is 0. The number of aryl methyl sites for hydroxylation is 1. The molecule has 0 atom stereocenters. The Bertz CT molecular complexity index is 1310. The number of allylic oxidation sites excluding steroid dienone is 1. The van der Waals surface area contributed by atoms with Crippen LogP contribution in [0.5, 0.6) is 0 Å². The van der Waals surface area contributed by atoms with Gasteiger partial charge in [-0.2, -0.15) is 0 Å². The predicted molar refractivity (Wildman–Crippen MR) is 143 cm³/mol. The largest absolute Gasteiger partial charge is 0.379 e. The molecule has 8 nitrogen and oxygen atoms in total. The van der Waals surface area contributed by atoms with Crippen molar-refractivity contribution in [3.8, 4) is 0 Å². The quantitative estimate of drug-likeness (QED) is 0.359. The standard InChI is InChI=1S/C28H34N4O4S/c1-3-13-32-25(20-29-28(32)37(34,35)22-24-10-5-4-6-11-24)21-31(15-14-30-16-18-36-19-17-30)27(33)26-12-8-7-9-23(26)2/h3-12,20H,1,13-19,21-22H2,2H3. The Kier molecular flexibility index (Phi) is 8.91. The molecule has 0 bridgehead atoms. The van der Waals surface area contributed by atoms with E-state index in [-0.39, 0.29) is 29.9 Å². The highest BCUT2D eigenvalue weighted by Crippen LogP contribution is 2.20. The molecule has 1 aliphatic rings. The van der Waals surface area contributed by atoms with E-state index < -0.39 is 9.84 Å². The summed E-state index contributed by atoms with van der Waals surface area (Å²) >= 11 is 0. The van der Waals surface area contributed by atoms with E-state index in [1.165, 1.54) is 0 Å². The number of ether oxygens (including phenoxy) is 1. The second-order valence-corrected chi connectivity index (χ2v) is 11.1. The van der Waals surface area contributed by atoms with Crippen LogP contribution in [0.1, 0.15) is 27.2 Å². The highest BCUT2D eigenvalue weighted by Gasteiger charge is 2.26. The monoisotopic (exact) mass is 522 g/mol. The maximum Gasteiger partial charge on any atom is 0.254 e. The molecule has 3 aromatic rings. The maximum absolute atomic E-state index is 13.7. The highest BCUT2D eigenvalue weighted by molar-refractivity contribution is 7.90. The van der Waals surface area contributed by atoms with Crippen molar-refractivity contribution in [1.82, 2.24) is 19.4 Å². The number of imidazole rings is 1. The van der Waals surface area contributed by atoms with Gasteiger partial charge in [0.15, 0.2) is 0 Å². The van der Waals surface area contributed by atoms with E-state index >= 15 is 0 Å². The van der Waals surface area contributed by atoms with Crippen LogP contribution < -0.4 is 0 Å². The Morgan fingerprint density at radius 1 is 1.11 bits per heavy atom. The first kappa shape index (κ1) is 26.8. The van der Waals surface area contributed by atoms with Crippen molar-refractivity contribution in [3.05, 3.63) is 95.8 Å². The number of benzene rings is 2. The molecular weight excluding hydrogens is 488 g/mol. The summed E-state index contributed by atoms with van der Waals surface area (Å²) < 4.78 is 33.7. The number of amides is 1. The zero-order chi connectivity index (χ0) is 26.3. The molecule has 0 radical (unpaired) electrons. The molecule has 0 saturated carbocycles. The molecule has 2 aromatic carbocycles. The summed E-state index contributed by atoms with van der Waals surface area (Å²) in [7, 11) is -3.71. The minimum atomic E-state index is -3.71. The van der Waals surface area contributed by atoms with Crippen LogP contribution in [-0.2, 0) is 33.4 Å². The zero-order valence-corrected chi connectivity index (χ0v) is 22.1. The predicted octanol–water partition coefficient (Wildman–Crippen LogP) is 3.33. The molecule has 1 aliphatic heterocycles. The maximum atomic E-state index is 13.7. The van der Waals surface area contributed by atoms with Crippen molar-refractivity contribution in [2.45, 2.75) is 30.9 Å². The van der Waals surface area contributed by atoms with Gasteiger partial charge in [0.2, 0.25) is 15.0 Å². The molecule has 0 spiro atoms. The van der Waals surface area contributed by atoms with Gasteiger partial charge < -0.3 is 14.2 Å². The molecule has 0 aliphatic carbocycles. The van der Waals surface area contributed by atoms with Gasteiger partial charge in [0.25, 0.3) is 5.91 Å². The summed E-state index contributed by atoms with van der Waals surface area (Å²) in [4.78, 5) is 22.0. The van der Waals surface area contributed by atoms with Crippen molar-refractivity contribution >= 4 is 15.7 Å². The van der Waals surface area contributed by atoms with E-state index in [4.69, 9.17) is 4.74 Å². The third kappa shape index (κ3) is 6.74. The van der Waals surface area contributed by atoms with Crippen molar-refractivity contribution in [3.63, 3.8) is 0 Å². The summed E-state index contributed by atoms with van der Waals surface area (Å²) in [6.07, 6.45) is 3.21. The summed E-state index contributed by atoms with van der Waals surface area (Å²) in [6, 6.07) is 16.6. The van der Waals surface area contributed by atoms with E-state index in [1.54, 1.807) is 33.9 Å². The smallest absolute Gasteiger partial charge is 0.254 e. The first-order chi connectivity index (χ1) is 17.9. The van der Waals surface area contributed by atoms with Crippen LogP contribution in [0.25, 0.3) is 0 Å². The van der Waals surface area contributed by atoms with Crippen LogP contribution in [0.2, 0.25) is 0 Å². The van der Waals surface area contributed by atoms with E-state index in [2.05, 4.69) is 16.5 Å². The average molecular weight is 523 g/mol. The Balaban J connectivity index is 1.62. The summed E-state index contributed by atoms with van der Waals surface area (Å²) in [5, 5.41) is -0.0114. The lowest BCUT2D eigenvalue weighted by Gasteiger charge is -2.30. The lowest BCUT2D eigenvalue weighted by atomic mass is 10.1. The topological polar surface area (TPSA) is 84.7 Å². The lowest BCUT2D eigenvalue weighted by molar-refractivity contribution is 0.0319. The van der Waals surface area contributed by atoms with Crippen LogP contribution >= 0.6 is 0 Å². The molecule has 9 heteroatoms. The molecule has 1 aromatic heterocycles. The third-order valence-electron chi connectivity index (χ3n) is 6.50. The fourth-order valence-corrected chi connectivity index (χ4v) is 5.97. The molecule has 1 amide bonds. The van der Waals surface area contributed by atoms with Gasteiger partial charge in [-0.3, -0.25) is 9.69 Å². The van der Waals surface area contributed by atoms with Gasteiger partial charge in [-0.15, -0.1) is 6.58 Å². The van der Waals surface area contributed by atoms with E-state index in [1.807, 2.05) is 49.4 Å². The molecule has 2 heterocycles. The van der Waals surface area contributed by atoms with Gasteiger partial charge in [-0.25, -0.2) is 13.4 Å². The Hall–Kier alpha value is -3.27. The van der Waals surface area contributed by atoms with Gasteiger partial charge >= 0.3 is 0 Å². The van der Waals surface area contributed by atoms with E-state index in [0.717, 1.165) is 18.7 Å². The van der Waals surface area contributed by atoms with E-state index in [0.29, 0.717) is 43.1 Å². The third-order valence-corrected chi connectivity index (χ3v) is 8.09. The minimum absolute atomic E-state index is 0.0114. The fraction of sp³-hybridized carbons (Fsp3) is 0.357. The summed E-state index contributed by atoms with van der Waals surface area (Å²) in [5.74, 6) is -0.240. The Morgan fingerprint density at radius 2 is 1.81 bits per heavy atom. The molecule has 196 valence electrons. The van der Waals surface area contributed by atoms with Gasteiger partial charge in [0.1, 0.15) is 0 Å². The molecule has 1 saturated heterocycles. The Labute approximate surface area is 219 Å². The number of aromatic nitrogens is 2. The molecule has 0 N–H and O–H groups in total. The van der Waals surface area contributed by atoms with Gasteiger partial charge in [-0.05, 0) is 24.1 Å². The van der Waals surface area contributed by atoms with Crippen LogP contribution in [0, 0.1) is 6.92 Å². The summed E-state index contributed by atoms with van der Waals surface area (Å²) in [6.45, 7) is 10.4. The van der Waals surface area contributed by atoms with Gasteiger partial charge in [0.05, 0.1) is 37.4 Å². The lowest BCUT2D eigenvalue weighted by Crippen LogP contribution is -2.43. The average Bonchev–Trinajstić information content (AvgIpc) is 3.30. The number of carbonyl (C=O) groups is 1. The van der Waals surface area contributed by atoms with Crippen molar-refractivity contribution in [2.75, 3.05) is 39.4 Å². The number of hydrogen-bond acceptors (Lipinski definition) is 6. The Morgan fingerprint density at radius 3 is 2.51 bits per heavy atom. The van der Waals surface area contributed by atoms with Crippen LogP contribution in [0.4, 0.5) is 0 Å². The van der Waals surface area contributed by atoms with Crippen LogP contribution in [-0.4, -0.2) is 73.1 Å². The molecule has 0 unspecified atom stereocenters. The number of sulfone groups is 1. The number of rotatable bonds is 11. The second-order valence-electron chi connectivity index (χ2n) is 9.17. The molecule has 1 fully saturated rings. The molecule has 4 rings (SSSR count). The molecule has 37 heavy (non-hydrogen) atoms. The van der Waals surface area contributed by atoms with Crippen molar-refractivity contribution < 1.29 is 17.9 Å². The van der Waals surface area contributed by atoms with Crippen molar-refractivity contribution in [2.24, 2.45) is 0 Å². The van der Waals surface area contributed by atoms with Crippen LogP contribution in [0.3, 0.4) is 0 Å². The number of morpholine rings is 1. The van der Waals surface area contributed by atoms with Crippen LogP contribution in [0.15, 0.2) is 78.6 Å². The zero-order valence-electron chi connectivity index (χ0n) is 21.3. The van der Waals surface area contributed by atoms with Crippen molar-refractivity contribution in [1.29, 1.82) is 0 Å². The van der Waals surface area contributed by atoms with Gasteiger partial charge in [0, 0.05) is 38.3 Å². The van der Waals surface area contributed by atoms with Gasteiger partial charge in [-0.1, -0.05) is 54.6 Å². The number of carbonyl (C=O) groups excluding carboxylic acids is 1. The first-order valence-electron chi connectivity index (χ1n) is 12.5. The second kappa shape index (κ2) is 12.3. The SMILES string of the molecule is C=CCn1c(CN(CCN2CCOCC2)C(=O)c2ccccc2C)cnc1S(=O)(=O)Cc1ccccc1. The highest BCUT2D eigenvalue weighted by atomic mass is 32.2. The molecular formula is C28H34N4O4S. The minimum Gasteiger partial charge on any atom is -0.379 e.